The first-order chi connectivity index (χ1) is 12.6. The molecule has 0 saturated heterocycles. The zero-order valence-electron chi connectivity index (χ0n) is 15.5. The van der Waals surface area contributed by atoms with Crippen molar-refractivity contribution in [2.45, 2.75) is 37.5 Å². The molecule has 0 aliphatic rings. The number of carboxylic acids is 1. The molecule has 2 N–H and O–H groups in total. The molecule has 144 valence electrons. The van der Waals surface area contributed by atoms with E-state index in [0.717, 1.165) is 17.9 Å². The number of nitrogens with one attached hydrogen (secondary N) is 1. The summed E-state index contributed by atoms with van der Waals surface area (Å²) in [5.74, 6) is -1.14. The molecule has 27 heavy (non-hydrogen) atoms. The van der Waals surface area contributed by atoms with Crippen molar-refractivity contribution in [1.29, 1.82) is 0 Å². The van der Waals surface area contributed by atoms with Crippen molar-refractivity contribution < 1.29 is 23.1 Å². The first-order valence-corrected chi connectivity index (χ1v) is 10.4. The van der Waals surface area contributed by atoms with Crippen molar-refractivity contribution in [3.8, 4) is 0 Å². The van der Waals surface area contributed by atoms with Gasteiger partial charge in [0.1, 0.15) is 0 Å². The van der Waals surface area contributed by atoms with E-state index in [1.807, 2.05) is 24.3 Å². The van der Waals surface area contributed by atoms with Crippen LogP contribution in [0.25, 0.3) is 0 Å². The van der Waals surface area contributed by atoms with E-state index >= 15 is 0 Å². The summed E-state index contributed by atoms with van der Waals surface area (Å²) in [5.41, 5.74) is 2.20. The molecule has 7 heteroatoms. The predicted octanol–water partition coefficient (Wildman–Crippen LogP) is 3.48. The SMILES string of the molecule is CC(C)c1ccc(CCC(=O)Nc2cc(C(=O)O)cc(S(C)(=O)=O)c2)cc1. The Morgan fingerprint density at radius 3 is 2.22 bits per heavy atom. The van der Waals surface area contributed by atoms with Gasteiger partial charge in [-0.05, 0) is 41.7 Å². The summed E-state index contributed by atoms with van der Waals surface area (Å²) in [6, 6.07) is 11.6. The smallest absolute Gasteiger partial charge is 0.335 e. The fourth-order valence-corrected chi connectivity index (χ4v) is 3.24. The minimum atomic E-state index is -3.60. The second kappa shape index (κ2) is 8.35. The van der Waals surface area contributed by atoms with Crippen molar-refractivity contribution in [3.05, 3.63) is 59.2 Å². The fraction of sp³-hybridized carbons (Fsp3) is 0.300. The molecule has 1 amide bonds. The number of aromatic carboxylic acids is 1. The number of rotatable bonds is 7. The number of hydrogen-bond acceptors (Lipinski definition) is 4. The fourth-order valence-electron chi connectivity index (χ4n) is 2.56. The zero-order chi connectivity index (χ0) is 20.2. The highest BCUT2D eigenvalue weighted by molar-refractivity contribution is 7.90. The summed E-state index contributed by atoms with van der Waals surface area (Å²) < 4.78 is 23.5. The van der Waals surface area contributed by atoms with Gasteiger partial charge in [0.05, 0.1) is 10.5 Å². The lowest BCUT2D eigenvalue weighted by Crippen LogP contribution is -2.14. The van der Waals surface area contributed by atoms with Crippen LogP contribution >= 0.6 is 0 Å². The number of hydrogen-bond donors (Lipinski definition) is 2. The summed E-state index contributed by atoms with van der Waals surface area (Å²) in [5, 5.41) is 11.7. The van der Waals surface area contributed by atoms with Crippen LogP contribution in [0.1, 0.15) is 47.7 Å². The quantitative estimate of drug-likeness (QED) is 0.755. The van der Waals surface area contributed by atoms with Gasteiger partial charge in [-0.2, -0.15) is 0 Å². The maximum absolute atomic E-state index is 12.2. The molecule has 0 aliphatic heterocycles. The van der Waals surface area contributed by atoms with Gasteiger partial charge in [0, 0.05) is 18.4 Å². The Kier molecular flexibility index (Phi) is 6.38. The molecule has 0 spiro atoms. The van der Waals surface area contributed by atoms with Gasteiger partial charge in [0.2, 0.25) is 5.91 Å². The Bertz CT molecular complexity index is 947. The van der Waals surface area contributed by atoms with Crippen molar-refractivity contribution in [3.63, 3.8) is 0 Å². The number of carbonyl (C=O) groups excluding carboxylic acids is 1. The molecule has 0 fully saturated rings. The first-order valence-electron chi connectivity index (χ1n) is 8.53. The topological polar surface area (TPSA) is 101 Å². The van der Waals surface area contributed by atoms with Crippen LogP contribution in [0.4, 0.5) is 5.69 Å². The molecule has 0 atom stereocenters. The molecule has 0 radical (unpaired) electrons. The van der Waals surface area contributed by atoms with Crippen molar-refractivity contribution in [2.24, 2.45) is 0 Å². The second-order valence-electron chi connectivity index (χ2n) is 6.77. The van der Waals surface area contributed by atoms with Gasteiger partial charge in [-0.3, -0.25) is 4.79 Å². The van der Waals surface area contributed by atoms with E-state index in [1.54, 1.807) is 0 Å². The maximum atomic E-state index is 12.2. The maximum Gasteiger partial charge on any atom is 0.335 e. The van der Waals surface area contributed by atoms with Crippen LogP contribution in [0.2, 0.25) is 0 Å². The molecule has 2 rings (SSSR count). The molecule has 0 bridgehead atoms. The number of aryl methyl sites for hydroxylation is 1. The average Bonchev–Trinajstić information content (AvgIpc) is 2.59. The van der Waals surface area contributed by atoms with Gasteiger partial charge in [-0.25, -0.2) is 13.2 Å². The van der Waals surface area contributed by atoms with Gasteiger partial charge in [0.25, 0.3) is 0 Å². The van der Waals surface area contributed by atoms with Gasteiger partial charge < -0.3 is 10.4 Å². The standard InChI is InChI=1S/C20H23NO5S/c1-13(2)15-7-4-14(5-8-15)6-9-19(22)21-17-10-16(20(23)24)11-18(12-17)27(3,25)26/h4-5,7-8,10-13H,6,9H2,1-3H3,(H,21,22)(H,23,24). The largest absolute Gasteiger partial charge is 0.478 e. The Balaban J connectivity index is 2.08. The van der Waals surface area contributed by atoms with E-state index in [1.165, 1.54) is 17.7 Å². The van der Waals surface area contributed by atoms with E-state index < -0.39 is 15.8 Å². The summed E-state index contributed by atoms with van der Waals surface area (Å²) in [4.78, 5) is 23.2. The highest BCUT2D eigenvalue weighted by atomic mass is 32.2. The van der Waals surface area contributed by atoms with E-state index in [9.17, 15) is 18.0 Å². The minimum Gasteiger partial charge on any atom is -0.478 e. The lowest BCUT2D eigenvalue weighted by Gasteiger charge is -2.09. The van der Waals surface area contributed by atoms with Crippen molar-refractivity contribution >= 4 is 27.4 Å². The third kappa shape index (κ3) is 5.92. The molecule has 0 saturated carbocycles. The predicted molar refractivity (Wildman–Crippen MR) is 104 cm³/mol. The highest BCUT2D eigenvalue weighted by Gasteiger charge is 2.15. The van der Waals surface area contributed by atoms with Gasteiger partial charge in [0.15, 0.2) is 9.84 Å². The summed E-state index contributed by atoms with van der Waals surface area (Å²) in [6.45, 7) is 4.22. The number of benzene rings is 2. The van der Waals surface area contributed by atoms with E-state index in [0.29, 0.717) is 12.3 Å². The van der Waals surface area contributed by atoms with E-state index in [-0.39, 0.29) is 28.5 Å². The number of carboxylic acid groups (broad SMARTS) is 1. The molecule has 0 heterocycles. The second-order valence-corrected chi connectivity index (χ2v) is 8.78. The third-order valence-corrected chi connectivity index (χ3v) is 5.24. The van der Waals surface area contributed by atoms with E-state index in [2.05, 4.69) is 19.2 Å². The van der Waals surface area contributed by atoms with E-state index in [4.69, 9.17) is 5.11 Å². The molecule has 6 nitrogen and oxygen atoms in total. The zero-order valence-corrected chi connectivity index (χ0v) is 16.3. The van der Waals surface area contributed by atoms with Crippen LogP contribution in [0.5, 0.6) is 0 Å². The lowest BCUT2D eigenvalue weighted by molar-refractivity contribution is -0.116. The molecular formula is C20H23NO5S. The Hall–Kier alpha value is -2.67. The molecule has 0 aromatic heterocycles. The number of anilines is 1. The highest BCUT2D eigenvalue weighted by Crippen LogP contribution is 2.20. The Morgan fingerprint density at radius 2 is 1.70 bits per heavy atom. The number of sulfone groups is 1. The van der Waals surface area contributed by atoms with Crippen LogP contribution in [-0.4, -0.2) is 31.7 Å². The van der Waals surface area contributed by atoms with Crippen molar-refractivity contribution in [2.75, 3.05) is 11.6 Å². The number of carbonyl (C=O) groups is 2. The monoisotopic (exact) mass is 389 g/mol. The van der Waals surface area contributed by atoms with Gasteiger partial charge >= 0.3 is 5.97 Å². The first kappa shape index (κ1) is 20.6. The third-order valence-electron chi connectivity index (χ3n) is 4.15. The normalized spacial score (nSPS) is 11.4. The molecule has 2 aromatic rings. The van der Waals surface area contributed by atoms with Crippen LogP contribution < -0.4 is 5.32 Å². The van der Waals surface area contributed by atoms with Crippen molar-refractivity contribution in [1.82, 2.24) is 0 Å². The summed E-state index contributed by atoms with van der Waals surface area (Å²) in [6.07, 6.45) is 1.72. The van der Waals surface area contributed by atoms with Crippen LogP contribution in [0.15, 0.2) is 47.4 Å². The molecule has 0 aliphatic carbocycles. The minimum absolute atomic E-state index is 0.149. The van der Waals surface area contributed by atoms with Crippen LogP contribution in [0, 0.1) is 0 Å². The van der Waals surface area contributed by atoms with Gasteiger partial charge in [-0.15, -0.1) is 0 Å². The summed E-state index contributed by atoms with van der Waals surface area (Å²) >= 11 is 0. The lowest BCUT2D eigenvalue weighted by atomic mass is 10.0. The molecular weight excluding hydrogens is 366 g/mol. The summed E-state index contributed by atoms with van der Waals surface area (Å²) in [7, 11) is -3.60. The van der Waals surface area contributed by atoms with Crippen LogP contribution in [0.3, 0.4) is 0 Å². The molecule has 0 unspecified atom stereocenters. The number of amides is 1. The average molecular weight is 389 g/mol. The van der Waals surface area contributed by atoms with Crippen LogP contribution in [-0.2, 0) is 21.1 Å². The Labute approximate surface area is 159 Å². The Morgan fingerprint density at radius 1 is 1.07 bits per heavy atom. The van der Waals surface area contributed by atoms with Gasteiger partial charge in [-0.1, -0.05) is 38.1 Å². The molecule has 2 aromatic carbocycles.